The maximum atomic E-state index is 13.1. The molecule has 2 aromatic carbocycles. The molecule has 2 N–H and O–H groups in total. The van der Waals surface area contributed by atoms with E-state index in [2.05, 4.69) is 10.3 Å². The highest BCUT2D eigenvalue weighted by Crippen LogP contribution is 2.25. The number of hydrogen-bond acceptors (Lipinski definition) is 5. The number of hydrogen-bond donors (Lipinski definition) is 2. The summed E-state index contributed by atoms with van der Waals surface area (Å²) in [6, 6.07) is 15.1. The van der Waals surface area contributed by atoms with Gasteiger partial charge in [0.15, 0.2) is 11.6 Å². The van der Waals surface area contributed by atoms with Crippen LogP contribution in [-0.2, 0) is 9.53 Å². The van der Waals surface area contributed by atoms with Crippen molar-refractivity contribution < 1.29 is 23.9 Å². The van der Waals surface area contributed by atoms with E-state index in [1.165, 1.54) is 13.8 Å². The second-order valence-corrected chi connectivity index (χ2v) is 7.50. The van der Waals surface area contributed by atoms with Crippen LogP contribution >= 0.6 is 0 Å². The molecule has 3 rings (SSSR count). The van der Waals surface area contributed by atoms with Gasteiger partial charge in [0, 0.05) is 28.1 Å². The van der Waals surface area contributed by atoms with Crippen LogP contribution in [0.25, 0.3) is 0 Å². The monoisotopic (exact) mass is 432 g/mol. The van der Waals surface area contributed by atoms with Crippen LogP contribution in [0.3, 0.4) is 0 Å². The second kappa shape index (κ2) is 9.43. The first-order valence-corrected chi connectivity index (χ1v) is 10.1. The summed E-state index contributed by atoms with van der Waals surface area (Å²) in [5.41, 5.74) is 2.92. The van der Waals surface area contributed by atoms with Crippen molar-refractivity contribution in [3.8, 4) is 0 Å². The van der Waals surface area contributed by atoms with Gasteiger partial charge in [-0.25, -0.2) is 4.79 Å². The zero-order chi connectivity index (χ0) is 23.4. The number of aromatic nitrogens is 1. The van der Waals surface area contributed by atoms with Crippen LogP contribution in [0.2, 0.25) is 0 Å². The van der Waals surface area contributed by atoms with Crippen LogP contribution < -0.4 is 5.32 Å². The van der Waals surface area contributed by atoms with E-state index >= 15 is 0 Å². The summed E-state index contributed by atoms with van der Waals surface area (Å²) in [6.07, 6.45) is -1.24. The fourth-order valence-corrected chi connectivity index (χ4v) is 3.57. The Morgan fingerprint density at radius 2 is 1.59 bits per heavy atom. The van der Waals surface area contributed by atoms with E-state index in [1.807, 2.05) is 0 Å². The van der Waals surface area contributed by atoms with Crippen LogP contribution in [0.1, 0.15) is 68.0 Å². The van der Waals surface area contributed by atoms with Gasteiger partial charge in [0.1, 0.15) is 5.69 Å². The van der Waals surface area contributed by atoms with Gasteiger partial charge < -0.3 is 15.0 Å². The van der Waals surface area contributed by atoms with E-state index in [1.54, 1.807) is 68.4 Å². The Labute approximate surface area is 185 Å². The normalized spacial score (nSPS) is 11.5. The first kappa shape index (κ1) is 22.7. The van der Waals surface area contributed by atoms with Gasteiger partial charge in [-0.2, -0.15) is 0 Å². The Balaban J connectivity index is 1.91. The van der Waals surface area contributed by atoms with Crippen LogP contribution in [0.15, 0.2) is 54.6 Å². The molecular weight excluding hydrogens is 408 g/mol. The number of nitrogens with one attached hydrogen (secondary N) is 2. The quantitative estimate of drug-likeness (QED) is 0.420. The van der Waals surface area contributed by atoms with E-state index in [9.17, 15) is 19.2 Å². The molecule has 0 fully saturated rings. The number of ketones is 2. The zero-order valence-electron chi connectivity index (χ0n) is 18.3. The molecule has 0 aliphatic carbocycles. The van der Waals surface area contributed by atoms with E-state index in [0.717, 1.165) is 0 Å². The molecule has 7 heteroatoms. The zero-order valence-corrected chi connectivity index (χ0v) is 18.3. The third-order valence-electron chi connectivity index (χ3n) is 5.10. The largest absolute Gasteiger partial charge is 0.443 e. The van der Waals surface area contributed by atoms with Gasteiger partial charge in [-0.15, -0.1) is 0 Å². The predicted molar refractivity (Wildman–Crippen MR) is 120 cm³/mol. The SMILES string of the molecule is CC(=O)c1cccc(NC(=O)C(OC(=O)c2[nH]c(C)c(C(C)=O)c2C)c2ccccc2)c1. The number of aryl methyl sites for hydroxylation is 1. The highest BCUT2D eigenvalue weighted by molar-refractivity contribution is 6.03. The number of H-pyrrole nitrogens is 1. The fourth-order valence-electron chi connectivity index (χ4n) is 3.57. The summed E-state index contributed by atoms with van der Waals surface area (Å²) < 4.78 is 5.60. The lowest BCUT2D eigenvalue weighted by Gasteiger charge is -2.18. The average Bonchev–Trinajstić information content (AvgIpc) is 3.06. The van der Waals surface area contributed by atoms with Crippen molar-refractivity contribution in [2.24, 2.45) is 0 Å². The third kappa shape index (κ3) is 4.83. The molecule has 1 aromatic heterocycles. The Morgan fingerprint density at radius 3 is 2.19 bits per heavy atom. The molecule has 1 unspecified atom stereocenters. The Kier molecular flexibility index (Phi) is 6.68. The minimum Gasteiger partial charge on any atom is -0.443 e. The van der Waals surface area contributed by atoms with E-state index < -0.39 is 18.0 Å². The molecule has 0 saturated heterocycles. The topological polar surface area (TPSA) is 105 Å². The first-order valence-electron chi connectivity index (χ1n) is 10.1. The van der Waals surface area contributed by atoms with Gasteiger partial charge in [0.05, 0.1) is 0 Å². The Hall–Kier alpha value is -4.00. The fraction of sp³-hybridized carbons (Fsp3) is 0.200. The minimum absolute atomic E-state index is 0.125. The summed E-state index contributed by atoms with van der Waals surface area (Å²) in [7, 11) is 0. The summed E-state index contributed by atoms with van der Waals surface area (Å²) in [5, 5.41) is 2.71. The number of amides is 1. The molecule has 1 atom stereocenters. The number of ether oxygens (including phenoxy) is 1. The lowest BCUT2D eigenvalue weighted by molar-refractivity contribution is -0.125. The molecule has 7 nitrogen and oxygen atoms in total. The van der Waals surface area contributed by atoms with Crippen molar-refractivity contribution in [2.75, 3.05) is 5.32 Å². The number of anilines is 1. The molecule has 0 spiro atoms. The maximum Gasteiger partial charge on any atom is 0.356 e. The minimum atomic E-state index is -1.24. The lowest BCUT2D eigenvalue weighted by Crippen LogP contribution is -2.26. The molecule has 164 valence electrons. The van der Waals surface area contributed by atoms with Gasteiger partial charge in [0.2, 0.25) is 6.10 Å². The third-order valence-corrected chi connectivity index (χ3v) is 5.10. The second-order valence-electron chi connectivity index (χ2n) is 7.50. The summed E-state index contributed by atoms with van der Waals surface area (Å²) in [6.45, 7) is 6.21. The van der Waals surface area contributed by atoms with Crippen molar-refractivity contribution in [2.45, 2.75) is 33.8 Å². The molecular formula is C25H24N2O5. The molecule has 32 heavy (non-hydrogen) atoms. The first-order chi connectivity index (χ1) is 15.2. The van der Waals surface area contributed by atoms with Crippen molar-refractivity contribution in [3.63, 3.8) is 0 Å². The molecule has 0 saturated carbocycles. The van der Waals surface area contributed by atoms with Crippen molar-refractivity contribution >= 4 is 29.1 Å². The number of benzene rings is 2. The smallest absolute Gasteiger partial charge is 0.356 e. The van der Waals surface area contributed by atoms with Crippen LogP contribution in [0.4, 0.5) is 5.69 Å². The highest BCUT2D eigenvalue weighted by atomic mass is 16.5. The average molecular weight is 432 g/mol. The van der Waals surface area contributed by atoms with Crippen LogP contribution in [0, 0.1) is 13.8 Å². The van der Waals surface area contributed by atoms with Crippen LogP contribution in [0.5, 0.6) is 0 Å². The highest BCUT2D eigenvalue weighted by Gasteiger charge is 2.28. The van der Waals surface area contributed by atoms with Gasteiger partial charge in [-0.3, -0.25) is 14.4 Å². The number of Topliss-reactive ketones (excluding diaryl/α,β-unsaturated/α-hetero) is 2. The van der Waals surface area contributed by atoms with Gasteiger partial charge >= 0.3 is 5.97 Å². The molecule has 0 bridgehead atoms. The molecule has 0 radical (unpaired) electrons. The number of rotatable bonds is 7. The number of aromatic amines is 1. The maximum absolute atomic E-state index is 13.1. The number of carbonyl (C=O) groups excluding carboxylic acids is 4. The molecule has 3 aromatic rings. The summed E-state index contributed by atoms with van der Waals surface area (Å²) >= 11 is 0. The Morgan fingerprint density at radius 1 is 0.906 bits per heavy atom. The Bertz CT molecular complexity index is 1190. The standard InChI is InChI=1S/C25H24N2O5/c1-14-21(17(4)29)15(2)26-22(14)25(31)32-23(18-9-6-5-7-10-18)24(30)27-20-12-8-11-19(13-20)16(3)28/h5-13,23,26H,1-4H3,(H,27,30). The molecule has 1 heterocycles. The van der Waals surface area contributed by atoms with Crippen molar-refractivity contribution in [1.29, 1.82) is 0 Å². The van der Waals surface area contributed by atoms with Gasteiger partial charge in [0.25, 0.3) is 5.91 Å². The van der Waals surface area contributed by atoms with E-state index in [-0.39, 0.29) is 17.3 Å². The summed E-state index contributed by atoms with van der Waals surface area (Å²) in [5.74, 6) is -1.62. The summed E-state index contributed by atoms with van der Waals surface area (Å²) in [4.78, 5) is 52.5. The van der Waals surface area contributed by atoms with E-state index in [0.29, 0.717) is 33.6 Å². The number of carbonyl (C=O) groups is 4. The van der Waals surface area contributed by atoms with Crippen LogP contribution in [-0.4, -0.2) is 28.4 Å². The van der Waals surface area contributed by atoms with Gasteiger partial charge in [-0.05, 0) is 45.4 Å². The molecule has 0 aliphatic rings. The van der Waals surface area contributed by atoms with E-state index in [4.69, 9.17) is 4.74 Å². The lowest BCUT2D eigenvalue weighted by atomic mass is 10.1. The predicted octanol–water partition coefficient (Wildman–Crippen LogP) is 4.57. The van der Waals surface area contributed by atoms with Gasteiger partial charge in [-0.1, -0.05) is 42.5 Å². The molecule has 0 aliphatic heterocycles. The van der Waals surface area contributed by atoms with Crippen molar-refractivity contribution in [1.82, 2.24) is 4.98 Å². The van der Waals surface area contributed by atoms with Crippen molar-refractivity contribution in [3.05, 3.63) is 88.2 Å². The molecule has 1 amide bonds. The number of esters is 1.